The minimum absolute atomic E-state index is 0.0406. The van der Waals surface area contributed by atoms with Gasteiger partial charge in [-0.2, -0.15) is 17.8 Å². The number of thiol groups is 1. The van der Waals surface area contributed by atoms with Gasteiger partial charge in [0, 0.05) is 24.3 Å². The van der Waals surface area contributed by atoms with Gasteiger partial charge in [0.2, 0.25) is 5.82 Å². The zero-order valence-corrected chi connectivity index (χ0v) is 22.5. The Labute approximate surface area is 226 Å². The highest BCUT2D eigenvalue weighted by molar-refractivity contribution is 7.80. The van der Waals surface area contributed by atoms with Gasteiger partial charge in [-0.05, 0) is 35.4 Å². The summed E-state index contributed by atoms with van der Waals surface area (Å²) in [5, 5.41) is 17.7. The second-order valence-corrected chi connectivity index (χ2v) is 9.29. The van der Waals surface area contributed by atoms with Crippen molar-refractivity contribution < 1.29 is 9.53 Å². The summed E-state index contributed by atoms with van der Waals surface area (Å²) in [6.45, 7) is 2.73. The molecule has 1 unspecified atom stereocenters. The van der Waals surface area contributed by atoms with Crippen molar-refractivity contribution in [2.75, 3.05) is 12.8 Å². The summed E-state index contributed by atoms with van der Waals surface area (Å²) in [5.41, 5.74) is 4.71. The second kappa shape index (κ2) is 12.8. The van der Waals surface area contributed by atoms with Crippen molar-refractivity contribution in [2.45, 2.75) is 45.4 Å². The third kappa shape index (κ3) is 6.38. The quantitative estimate of drug-likeness (QED) is 0.181. The van der Waals surface area contributed by atoms with E-state index in [1.54, 1.807) is 7.05 Å². The van der Waals surface area contributed by atoms with Crippen LogP contribution in [0.2, 0.25) is 5.15 Å². The van der Waals surface area contributed by atoms with E-state index in [-0.39, 0.29) is 12.6 Å². The average molecular weight is 540 g/mol. The van der Waals surface area contributed by atoms with Crippen LogP contribution >= 0.6 is 24.2 Å². The molecular weight excluding hydrogens is 510 g/mol. The van der Waals surface area contributed by atoms with E-state index in [1.807, 2.05) is 24.3 Å². The normalized spacial score (nSPS) is 12.0. The summed E-state index contributed by atoms with van der Waals surface area (Å²) < 4.78 is 7.62. The van der Waals surface area contributed by atoms with Crippen molar-refractivity contribution in [3.8, 4) is 22.5 Å². The number of hydrogen-bond acceptors (Lipinski definition) is 8. The molecule has 2 heterocycles. The van der Waals surface area contributed by atoms with Gasteiger partial charge in [-0.3, -0.25) is 4.79 Å². The number of aromatic nitrogens is 6. The Morgan fingerprint density at radius 1 is 1.19 bits per heavy atom. The summed E-state index contributed by atoms with van der Waals surface area (Å²) in [6, 6.07) is 15.8. The number of H-pyrrole nitrogens is 1. The molecule has 0 aliphatic heterocycles. The SMILES string of the molecule is CCCCc1nc(Cl)c(COC(=O)C(CS)NC)n1Cc1ccc(-c2ccccc2-c2nn[nH]n2)cc1. The fourth-order valence-corrected chi connectivity index (χ4v) is 4.64. The van der Waals surface area contributed by atoms with Crippen LogP contribution in [0.4, 0.5) is 0 Å². The van der Waals surface area contributed by atoms with Crippen molar-refractivity contribution in [2.24, 2.45) is 0 Å². The van der Waals surface area contributed by atoms with E-state index in [0.29, 0.717) is 29.0 Å². The fourth-order valence-electron chi connectivity index (χ4n) is 4.06. The number of aryl methyl sites for hydroxylation is 1. The maximum atomic E-state index is 12.4. The van der Waals surface area contributed by atoms with Gasteiger partial charge in [0.05, 0.1) is 5.69 Å². The van der Waals surface area contributed by atoms with Gasteiger partial charge < -0.3 is 14.6 Å². The van der Waals surface area contributed by atoms with Crippen LogP contribution in [-0.2, 0) is 29.1 Å². The zero-order chi connectivity index (χ0) is 26.2. The molecule has 0 radical (unpaired) electrons. The first kappa shape index (κ1) is 26.8. The Hall–Kier alpha value is -3.21. The van der Waals surface area contributed by atoms with Crippen LogP contribution in [0.3, 0.4) is 0 Å². The van der Waals surface area contributed by atoms with Crippen molar-refractivity contribution >= 4 is 30.2 Å². The van der Waals surface area contributed by atoms with Crippen LogP contribution in [-0.4, -0.2) is 55.0 Å². The van der Waals surface area contributed by atoms with E-state index >= 15 is 0 Å². The Morgan fingerprint density at radius 3 is 2.59 bits per heavy atom. The van der Waals surface area contributed by atoms with Crippen LogP contribution < -0.4 is 5.32 Å². The predicted molar refractivity (Wildman–Crippen MR) is 146 cm³/mol. The lowest BCUT2D eigenvalue weighted by molar-refractivity contribution is -0.146. The fraction of sp³-hybridized carbons (Fsp3) is 0.346. The van der Waals surface area contributed by atoms with Gasteiger partial charge in [-0.1, -0.05) is 73.5 Å². The number of benzene rings is 2. The molecule has 194 valence electrons. The molecule has 2 aromatic heterocycles. The summed E-state index contributed by atoms with van der Waals surface area (Å²) in [6.07, 6.45) is 2.81. The topological polar surface area (TPSA) is 111 Å². The van der Waals surface area contributed by atoms with Crippen LogP contribution in [0, 0.1) is 0 Å². The molecule has 0 bridgehead atoms. The highest BCUT2D eigenvalue weighted by Crippen LogP contribution is 2.30. The number of rotatable bonds is 12. The molecule has 1 atom stereocenters. The van der Waals surface area contributed by atoms with E-state index in [0.717, 1.165) is 47.3 Å². The molecule has 9 nitrogen and oxygen atoms in total. The van der Waals surface area contributed by atoms with E-state index < -0.39 is 6.04 Å². The van der Waals surface area contributed by atoms with E-state index in [4.69, 9.17) is 16.3 Å². The van der Waals surface area contributed by atoms with Crippen LogP contribution in [0.25, 0.3) is 22.5 Å². The highest BCUT2D eigenvalue weighted by Gasteiger charge is 2.21. The molecule has 2 N–H and O–H groups in total. The number of tetrazole rings is 1. The molecule has 4 rings (SSSR count). The Balaban J connectivity index is 1.58. The minimum atomic E-state index is -0.485. The largest absolute Gasteiger partial charge is 0.458 e. The first-order chi connectivity index (χ1) is 18.0. The Morgan fingerprint density at radius 2 is 1.95 bits per heavy atom. The van der Waals surface area contributed by atoms with Crippen molar-refractivity contribution in [1.82, 2.24) is 35.5 Å². The van der Waals surface area contributed by atoms with Gasteiger partial charge in [0.25, 0.3) is 0 Å². The van der Waals surface area contributed by atoms with Gasteiger partial charge in [0.15, 0.2) is 5.15 Å². The summed E-state index contributed by atoms with van der Waals surface area (Å²) in [7, 11) is 1.70. The number of ether oxygens (including phenoxy) is 1. The van der Waals surface area contributed by atoms with E-state index in [9.17, 15) is 4.79 Å². The van der Waals surface area contributed by atoms with Crippen LogP contribution in [0.1, 0.15) is 36.8 Å². The summed E-state index contributed by atoms with van der Waals surface area (Å²) in [4.78, 5) is 17.0. The standard InChI is InChI=1S/C26H30ClN7O2S/c1-3-4-9-23-29-24(27)22(15-36-26(35)21(16-37)28-2)34(23)14-17-10-12-18(13-11-17)19-7-5-6-8-20(19)25-30-32-33-31-25/h5-8,10-13,21,28,37H,3-4,9,14-16H2,1-2H3,(H,30,31,32,33). The summed E-state index contributed by atoms with van der Waals surface area (Å²) in [5.74, 6) is 1.39. The Kier molecular flexibility index (Phi) is 9.32. The van der Waals surface area contributed by atoms with E-state index in [2.05, 4.69) is 79.3 Å². The lowest BCUT2D eigenvalue weighted by atomic mass is 9.98. The van der Waals surface area contributed by atoms with Crippen LogP contribution in [0.5, 0.6) is 0 Å². The van der Waals surface area contributed by atoms with Gasteiger partial charge in [-0.25, -0.2) is 4.98 Å². The van der Waals surface area contributed by atoms with Gasteiger partial charge in [-0.15, -0.1) is 10.2 Å². The number of carbonyl (C=O) groups is 1. The number of aromatic amines is 1. The Bertz CT molecular complexity index is 1310. The minimum Gasteiger partial charge on any atom is -0.458 e. The zero-order valence-electron chi connectivity index (χ0n) is 20.8. The second-order valence-electron chi connectivity index (χ2n) is 8.56. The average Bonchev–Trinajstić information content (AvgIpc) is 3.56. The summed E-state index contributed by atoms with van der Waals surface area (Å²) >= 11 is 10.7. The molecule has 0 fully saturated rings. The number of nitrogens with one attached hydrogen (secondary N) is 2. The number of esters is 1. The van der Waals surface area contributed by atoms with Crippen molar-refractivity contribution in [1.29, 1.82) is 0 Å². The maximum Gasteiger partial charge on any atom is 0.324 e. The number of imidazole rings is 1. The molecule has 2 aromatic carbocycles. The maximum absolute atomic E-state index is 12.4. The smallest absolute Gasteiger partial charge is 0.324 e. The molecule has 37 heavy (non-hydrogen) atoms. The number of nitrogens with zero attached hydrogens (tertiary/aromatic N) is 5. The first-order valence-electron chi connectivity index (χ1n) is 12.2. The molecular formula is C26H30ClN7O2S. The van der Waals surface area contributed by atoms with Crippen molar-refractivity contribution in [3.63, 3.8) is 0 Å². The van der Waals surface area contributed by atoms with Crippen molar-refractivity contribution in [3.05, 3.63) is 70.8 Å². The molecule has 0 aliphatic rings. The third-order valence-corrected chi connectivity index (χ3v) is 6.81. The lowest BCUT2D eigenvalue weighted by Gasteiger charge is -2.16. The lowest BCUT2D eigenvalue weighted by Crippen LogP contribution is -2.37. The highest BCUT2D eigenvalue weighted by atomic mass is 35.5. The molecule has 0 aliphatic carbocycles. The number of halogens is 1. The predicted octanol–water partition coefficient (Wildman–Crippen LogP) is 4.34. The number of unbranched alkanes of at least 4 members (excludes halogenated alkanes) is 1. The molecule has 0 spiro atoms. The molecule has 0 saturated heterocycles. The molecule has 0 amide bonds. The number of hydrogen-bond donors (Lipinski definition) is 3. The molecule has 0 saturated carbocycles. The number of likely N-dealkylation sites (N-methyl/N-ethyl adjacent to an activating group) is 1. The molecule has 4 aromatic rings. The van der Waals surface area contributed by atoms with Crippen LogP contribution in [0.15, 0.2) is 48.5 Å². The molecule has 11 heteroatoms. The monoisotopic (exact) mass is 539 g/mol. The number of carbonyl (C=O) groups excluding carboxylic acids is 1. The van der Waals surface area contributed by atoms with E-state index in [1.165, 1.54) is 0 Å². The third-order valence-electron chi connectivity index (χ3n) is 6.14. The van der Waals surface area contributed by atoms with Gasteiger partial charge >= 0.3 is 5.97 Å². The first-order valence-corrected chi connectivity index (χ1v) is 13.2. The van der Waals surface area contributed by atoms with Gasteiger partial charge in [0.1, 0.15) is 18.5 Å².